The number of carboxylic acids is 1. The Labute approximate surface area is 72.2 Å². The summed E-state index contributed by atoms with van der Waals surface area (Å²) in [5.41, 5.74) is 0. The van der Waals surface area contributed by atoms with Gasteiger partial charge in [0.25, 0.3) is 0 Å². The summed E-state index contributed by atoms with van der Waals surface area (Å²) >= 11 is 0. The molecule has 0 unspecified atom stereocenters. The molecular weight excluding hydrogens is 154 g/mol. The second kappa shape index (κ2) is 3.05. The Morgan fingerprint density at radius 3 is 2.92 bits per heavy atom. The van der Waals surface area contributed by atoms with Crippen molar-refractivity contribution in [3.05, 3.63) is 0 Å². The quantitative estimate of drug-likeness (QED) is 0.611. The van der Waals surface area contributed by atoms with Crippen molar-refractivity contribution in [2.75, 3.05) is 6.54 Å². The number of carbonyl (C=O) groups is 1. The molecule has 68 valence electrons. The SMILES string of the molecule is O=C(O)[C@H]1CCC[C@@H]2NCC[C@@H]21. The van der Waals surface area contributed by atoms with E-state index < -0.39 is 5.97 Å². The topological polar surface area (TPSA) is 49.3 Å². The fourth-order valence-corrected chi connectivity index (χ4v) is 2.66. The first-order valence-electron chi connectivity index (χ1n) is 4.75. The van der Waals surface area contributed by atoms with E-state index in [9.17, 15) is 4.79 Å². The summed E-state index contributed by atoms with van der Waals surface area (Å²) in [5.74, 6) is -0.247. The minimum Gasteiger partial charge on any atom is -0.481 e. The standard InChI is InChI=1S/C9H15NO2/c11-9(12)7-2-1-3-8-6(7)4-5-10-8/h6-8,10H,1-5H2,(H,11,12)/t6-,7+,8+/m1/s1. The van der Waals surface area contributed by atoms with E-state index in [2.05, 4.69) is 5.32 Å². The molecule has 0 aromatic rings. The molecule has 2 N–H and O–H groups in total. The van der Waals surface area contributed by atoms with Crippen LogP contribution in [0.25, 0.3) is 0 Å². The highest BCUT2D eigenvalue weighted by Gasteiger charge is 2.39. The van der Waals surface area contributed by atoms with Gasteiger partial charge in [-0.05, 0) is 31.7 Å². The van der Waals surface area contributed by atoms with Crippen LogP contribution in [0, 0.1) is 11.8 Å². The number of aliphatic carboxylic acids is 1. The van der Waals surface area contributed by atoms with Gasteiger partial charge < -0.3 is 10.4 Å². The van der Waals surface area contributed by atoms with Crippen LogP contribution in [-0.4, -0.2) is 23.7 Å². The van der Waals surface area contributed by atoms with Crippen molar-refractivity contribution in [1.82, 2.24) is 5.32 Å². The summed E-state index contributed by atoms with van der Waals surface area (Å²) in [6.45, 7) is 1.01. The first kappa shape index (κ1) is 8.05. The summed E-state index contributed by atoms with van der Waals surface area (Å²) in [6, 6.07) is 0.500. The summed E-state index contributed by atoms with van der Waals surface area (Å²) in [5, 5.41) is 12.3. The van der Waals surface area contributed by atoms with Crippen LogP contribution in [0.15, 0.2) is 0 Å². The molecule has 0 bridgehead atoms. The molecule has 0 aromatic heterocycles. The van der Waals surface area contributed by atoms with Crippen LogP contribution < -0.4 is 5.32 Å². The van der Waals surface area contributed by atoms with Crippen molar-refractivity contribution >= 4 is 5.97 Å². The van der Waals surface area contributed by atoms with Gasteiger partial charge >= 0.3 is 5.97 Å². The zero-order chi connectivity index (χ0) is 8.55. The third-order valence-corrected chi connectivity index (χ3v) is 3.27. The van der Waals surface area contributed by atoms with Gasteiger partial charge in [0.05, 0.1) is 5.92 Å². The first-order valence-corrected chi connectivity index (χ1v) is 4.75. The van der Waals surface area contributed by atoms with Crippen LogP contribution >= 0.6 is 0 Å². The minimum absolute atomic E-state index is 0.0706. The Hall–Kier alpha value is -0.570. The molecule has 0 aromatic carbocycles. The van der Waals surface area contributed by atoms with E-state index in [4.69, 9.17) is 5.11 Å². The number of nitrogens with one attached hydrogen (secondary N) is 1. The van der Waals surface area contributed by atoms with Gasteiger partial charge in [0.1, 0.15) is 0 Å². The Balaban J connectivity index is 2.08. The zero-order valence-corrected chi connectivity index (χ0v) is 7.12. The molecule has 3 heteroatoms. The van der Waals surface area contributed by atoms with Crippen LogP contribution in [0.1, 0.15) is 25.7 Å². The molecule has 1 heterocycles. The van der Waals surface area contributed by atoms with E-state index in [0.717, 1.165) is 25.8 Å². The largest absolute Gasteiger partial charge is 0.481 e. The van der Waals surface area contributed by atoms with Crippen molar-refractivity contribution in [3.63, 3.8) is 0 Å². The average Bonchev–Trinajstić information content (AvgIpc) is 2.49. The maximum atomic E-state index is 10.9. The lowest BCUT2D eigenvalue weighted by molar-refractivity contribution is -0.145. The predicted octanol–water partition coefficient (Wildman–Crippen LogP) is 0.849. The number of carboxylic acid groups (broad SMARTS) is 1. The van der Waals surface area contributed by atoms with Crippen molar-refractivity contribution in [2.24, 2.45) is 11.8 Å². The van der Waals surface area contributed by atoms with Crippen LogP contribution in [0.3, 0.4) is 0 Å². The molecule has 2 fully saturated rings. The highest BCUT2D eigenvalue weighted by molar-refractivity contribution is 5.70. The van der Waals surface area contributed by atoms with Gasteiger partial charge in [0.15, 0.2) is 0 Å². The lowest BCUT2D eigenvalue weighted by Gasteiger charge is -2.30. The lowest BCUT2D eigenvalue weighted by atomic mass is 9.76. The zero-order valence-electron chi connectivity index (χ0n) is 7.12. The van der Waals surface area contributed by atoms with Crippen LogP contribution in [0.4, 0.5) is 0 Å². The van der Waals surface area contributed by atoms with Gasteiger partial charge in [-0.1, -0.05) is 6.42 Å². The molecule has 1 aliphatic heterocycles. The lowest BCUT2D eigenvalue weighted by Crippen LogP contribution is -2.38. The van der Waals surface area contributed by atoms with Crippen LogP contribution in [0.5, 0.6) is 0 Å². The van der Waals surface area contributed by atoms with Crippen molar-refractivity contribution in [2.45, 2.75) is 31.7 Å². The number of hydrogen-bond donors (Lipinski definition) is 2. The second-order valence-corrected chi connectivity index (χ2v) is 3.89. The van der Waals surface area contributed by atoms with Crippen molar-refractivity contribution < 1.29 is 9.90 Å². The van der Waals surface area contributed by atoms with Gasteiger partial charge in [-0.3, -0.25) is 4.79 Å². The van der Waals surface area contributed by atoms with Crippen molar-refractivity contribution in [1.29, 1.82) is 0 Å². The molecular formula is C9H15NO2. The van der Waals surface area contributed by atoms with E-state index in [0.29, 0.717) is 12.0 Å². The normalized spacial score (nSPS) is 40.8. The van der Waals surface area contributed by atoms with Crippen LogP contribution in [-0.2, 0) is 4.79 Å². The number of rotatable bonds is 1. The third kappa shape index (κ3) is 1.22. The summed E-state index contributed by atoms with van der Waals surface area (Å²) in [4.78, 5) is 10.9. The summed E-state index contributed by atoms with van der Waals surface area (Å²) in [7, 11) is 0. The van der Waals surface area contributed by atoms with Gasteiger partial charge in [-0.15, -0.1) is 0 Å². The summed E-state index contributed by atoms with van der Waals surface area (Å²) in [6.07, 6.45) is 4.19. The maximum absolute atomic E-state index is 10.9. The fourth-order valence-electron chi connectivity index (χ4n) is 2.66. The Morgan fingerprint density at radius 2 is 2.17 bits per heavy atom. The fraction of sp³-hybridized carbons (Fsp3) is 0.889. The molecule has 1 saturated heterocycles. The molecule has 1 saturated carbocycles. The highest BCUT2D eigenvalue weighted by atomic mass is 16.4. The molecule has 1 aliphatic carbocycles. The minimum atomic E-state index is -0.589. The molecule has 0 spiro atoms. The van der Waals surface area contributed by atoms with Gasteiger partial charge in [-0.25, -0.2) is 0 Å². The van der Waals surface area contributed by atoms with E-state index in [1.165, 1.54) is 6.42 Å². The molecule has 3 nitrogen and oxygen atoms in total. The van der Waals surface area contributed by atoms with E-state index in [1.54, 1.807) is 0 Å². The smallest absolute Gasteiger partial charge is 0.306 e. The van der Waals surface area contributed by atoms with E-state index in [-0.39, 0.29) is 5.92 Å². The highest BCUT2D eigenvalue weighted by Crippen LogP contribution is 2.35. The second-order valence-electron chi connectivity index (χ2n) is 3.89. The van der Waals surface area contributed by atoms with E-state index >= 15 is 0 Å². The van der Waals surface area contributed by atoms with Crippen molar-refractivity contribution in [3.8, 4) is 0 Å². The Kier molecular flexibility index (Phi) is 2.05. The maximum Gasteiger partial charge on any atom is 0.306 e. The molecule has 12 heavy (non-hydrogen) atoms. The Morgan fingerprint density at radius 1 is 1.33 bits per heavy atom. The Bertz CT molecular complexity index is 193. The van der Waals surface area contributed by atoms with Gasteiger partial charge in [-0.2, -0.15) is 0 Å². The molecule has 2 rings (SSSR count). The number of hydrogen-bond acceptors (Lipinski definition) is 2. The third-order valence-electron chi connectivity index (χ3n) is 3.27. The summed E-state index contributed by atoms with van der Waals surface area (Å²) < 4.78 is 0. The molecule has 0 amide bonds. The average molecular weight is 169 g/mol. The molecule has 0 radical (unpaired) electrons. The predicted molar refractivity (Wildman–Crippen MR) is 44.9 cm³/mol. The monoisotopic (exact) mass is 169 g/mol. The molecule has 3 atom stereocenters. The number of fused-ring (bicyclic) bond motifs is 1. The van der Waals surface area contributed by atoms with Gasteiger partial charge in [0, 0.05) is 6.04 Å². The van der Waals surface area contributed by atoms with E-state index in [1.807, 2.05) is 0 Å². The van der Waals surface area contributed by atoms with Gasteiger partial charge in [0.2, 0.25) is 0 Å². The van der Waals surface area contributed by atoms with Crippen LogP contribution in [0.2, 0.25) is 0 Å². The first-order chi connectivity index (χ1) is 5.79. The molecule has 2 aliphatic rings.